The maximum Gasteiger partial charge on any atom is 0.573 e. The molecule has 0 spiro atoms. The lowest BCUT2D eigenvalue weighted by molar-refractivity contribution is -0.274. The van der Waals surface area contributed by atoms with Gasteiger partial charge in [0.25, 0.3) is 0 Å². The van der Waals surface area contributed by atoms with E-state index in [1.165, 1.54) is 35.3 Å². The summed E-state index contributed by atoms with van der Waals surface area (Å²) in [7, 11) is 1.65. The van der Waals surface area contributed by atoms with Gasteiger partial charge in [-0.25, -0.2) is 19.5 Å². The molecular formula is C34H35F3N6O3S. The topological polar surface area (TPSA) is 94.2 Å². The van der Waals surface area contributed by atoms with Gasteiger partial charge in [0.15, 0.2) is 11.0 Å². The van der Waals surface area contributed by atoms with E-state index >= 15 is 0 Å². The lowest BCUT2D eigenvalue weighted by Gasteiger charge is -2.37. The SMILES string of the molecule is COc1ccc(N2C(=NC(=O)N=CC(C)c3ccc(-c4ncn(-c5ccc(OC(F)(F)F)cc5)n4)cc3)SCCC2C)c(C(C)C)c1. The van der Waals surface area contributed by atoms with E-state index in [1.54, 1.807) is 25.1 Å². The molecule has 2 unspecified atom stereocenters. The quantitative estimate of drug-likeness (QED) is 0.174. The van der Waals surface area contributed by atoms with Crippen molar-refractivity contribution < 1.29 is 27.4 Å². The van der Waals surface area contributed by atoms with E-state index < -0.39 is 12.4 Å². The van der Waals surface area contributed by atoms with Crippen LogP contribution in [0.3, 0.4) is 0 Å². The first-order chi connectivity index (χ1) is 22.4. The van der Waals surface area contributed by atoms with Crippen LogP contribution in [0.2, 0.25) is 0 Å². The van der Waals surface area contributed by atoms with Crippen molar-refractivity contribution in [3.8, 4) is 28.6 Å². The standard InChI is InChI=1S/C34H35F3N6O3S/c1-21(2)29-18-28(45-5)14-15-30(29)43-23(4)16-17-47-33(43)40-32(44)38-19-22(3)24-6-8-25(9-7-24)31-39-20-42(41-31)26-10-12-27(13-11-26)46-34(35,36)37/h6-15,18-23H,16-17H2,1-5H3. The van der Waals surface area contributed by atoms with Gasteiger partial charge in [0, 0.05) is 35.2 Å². The summed E-state index contributed by atoms with van der Waals surface area (Å²) >= 11 is 1.55. The molecule has 3 aromatic carbocycles. The predicted molar refractivity (Wildman–Crippen MR) is 179 cm³/mol. The summed E-state index contributed by atoms with van der Waals surface area (Å²) in [5.41, 5.74) is 4.34. The number of nitrogens with zero attached hydrogens (tertiary/aromatic N) is 6. The van der Waals surface area contributed by atoms with E-state index in [2.05, 4.69) is 50.5 Å². The first-order valence-electron chi connectivity index (χ1n) is 15.1. The van der Waals surface area contributed by atoms with Gasteiger partial charge in [-0.15, -0.1) is 18.3 Å². The summed E-state index contributed by atoms with van der Waals surface area (Å²) in [5, 5.41) is 5.08. The number of amidine groups is 1. The monoisotopic (exact) mass is 664 g/mol. The highest BCUT2D eigenvalue weighted by Crippen LogP contribution is 2.37. The van der Waals surface area contributed by atoms with E-state index in [-0.39, 0.29) is 23.6 Å². The number of urea groups is 1. The third-order valence-electron chi connectivity index (χ3n) is 7.65. The first-order valence-corrected chi connectivity index (χ1v) is 16.1. The fourth-order valence-corrected chi connectivity index (χ4v) is 6.31. The van der Waals surface area contributed by atoms with E-state index in [0.29, 0.717) is 16.7 Å². The minimum Gasteiger partial charge on any atom is -0.497 e. The maximum atomic E-state index is 13.0. The molecule has 5 rings (SSSR count). The van der Waals surface area contributed by atoms with Crippen molar-refractivity contribution in [3.05, 3.63) is 84.2 Å². The molecule has 47 heavy (non-hydrogen) atoms. The number of rotatable bonds is 8. The van der Waals surface area contributed by atoms with Crippen LogP contribution in [-0.4, -0.2) is 57.4 Å². The van der Waals surface area contributed by atoms with E-state index in [1.807, 2.05) is 49.4 Å². The summed E-state index contributed by atoms with van der Waals surface area (Å²) < 4.78 is 48.2. The minimum atomic E-state index is -4.76. The van der Waals surface area contributed by atoms with Gasteiger partial charge in [0.1, 0.15) is 17.8 Å². The van der Waals surface area contributed by atoms with Gasteiger partial charge >= 0.3 is 12.4 Å². The van der Waals surface area contributed by atoms with Gasteiger partial charge in [-0.05, 0) is 72.9 Å². The fraction of sp³-hybridized carbons (Fsp3) is 0.324. The molecule has 0 saturated carbocycles. The highest BCUT2D eigenvalue weighted by Gasteiger charge is 2.31. The molecule has 0 aliphatic carbocycles. The molecule has 246 valence electrons. The molecule has 2 amide bonds. The Morgan fingerprint density at radius 2 is 1.74 bits per heavy atom. The highest BCUT2D eigenvalue weighted by atomic mass is 32.2. The van der Waals surface area contributed by atoms with Crippen LogP contribution in [0.1, 0.15) is 57.1 Å². The number of hydrogen-bond donors (Lipinski definition) is 0. The van der Waals surface area contributed by atoms with Crippen molar-refractivity contribution >= 4 is 34.9 Å². The van der Waals surface area contributed by atoms with Crippen molar-refractivity contribution in [2.75, 3.05) is 17.8 Å². The van der Waals surface area contributed by atoms with Crippen LogP contribution < -0.4 is 14.4 Å². The average Bonchev–Trinajstić information content (AvgIpc) is 3.54. The lowest BCUT2D eigenvalue weighted by atomic mass is 9.99. The molecule has 9 nitrogen and oxygen atoms in total. The number of anilines is 1. The third-order valence-corrected chi connectivity index (χ3v) is 8.64. The molecule has 2 atom stereocenters. The molecule has 1 saturated heterocycles. The van der Waals surface area contributed by atoms with E-state index in [4.69, 9.17) is 4.74 Å². The summed E-state index contributed by atoms with van der Waals surface area (Å²) in [4.78, 5) is 28.0. The van der Waals surface area contributed by atoms with Crippen LogP contribution in [-0.2, 0) is 0 Å². The molecule has 0 bridgehead atoms. The number of halogens is 3. The fourth-order valence-electron chi connectivity index (χ4n) is 5.10. The molecule has 1 aromatic heterocycles. The number of amides is 2. The highest BCUT2D eigenvalue weighted by molar-refractivity contribution is 8.14. The van der Waals surface area contributed by atoms with Gasteiger partial charge in [-0.1, -0.05) is 56.8 Å². The summed E-state index contributed by atoms with van der Waals surface area (Å²) in [6.45, 7) is 8.34. The van der Waals surface area contributed by atoms with Crippen molar-refractivity contribution in [2.45, 2.75) is 58.4 Å². The lowest BCUT2D eigenvalue weighted by Crippen LogP contribution is -2.42. The zero-order chi connectivity index (χ0) is 33.7. The van der Waals surface area contributed by atoms with Crippen LogP contribution in [0.5, 0.6) is 11.5 Å². The largest absolute Gasteiger partial charge is 0.573 e. The average molecular weight is 665 g/mol. The molecule has 13 heteroatoms. The number of ether oxygens (including phenoxy) is 2. The molecule has 2 heterocycles. The smallest absolute Gasteiger partial charge is 0.497 e. The molecule has 4 aromatic rings. The molecule has 1 aliphatic rings. The number of aliphatic imine (C=N–C) groups is 2. The Labute approximate surface area is 275 Å². The van der Waals surface area contributed by atoms with Crippen LogP contribution in [0.25, 0.3) is 17.1 Å². The Bertz CT molecular complexity index is 1750. The van der Waals surface area contributed by atoms with Gasteiger partial charge in [0.2, 0.25) is 0 Å². The van der Waals surface area contributed by atoms with Crippen molar-refractivity contribution in [1.29, 1.82) is 0 Å². The van der Waals surface area contributed by atoms with Gasteiger partial charge < -0.3 is 14.4 Å². The molecule has 0 radical (unpaired) electrons. The zero-order valence-corrected chi connectivity index (χ0v) is 27.4. The van der Waals surface area contributed by atoms with Crippen molar-refractivity contribution in [3.63, 3.8) is 0 Å². The van der Waals surface area contributed by atoms with Crippen LogP contribution in [0.4, 0.5) is 23.7 Å². The second-order valence-corrected chi connectivity index (χ2v) is 12.4. The van der Waals surface area contributed by atoms with Crippen molar-refractivity contribution in [1.82, 2.24) is 14.8 Å². The maximum absolute atomic E-state index is 13.0. The van der Waals surface area contributed by atoms with Gasteiger partial charge in [0.05, 0.1) is 12.8 Å². The van der Waals surface area contributed by atoms with Crippen LogP contribution >= 0.6 is 11.8 Å². The number of hydrogen-bond acceptors (Lipinski definition) is 6. The number of carbonyl (C=O) groups excluding carboxylic acids is 1. The minimum absolute atomic E-state index is 0.161. The predicted octanol–water partition coefficient (Wildman–Crippen LogP) is 8.65. The number of aromatic nitrogens is 3. The Morgan fingerprint density at radius 3 is 2.40 bits per heavy atom. The molecule has 1 aliphatic heterocycles. The summed E-state index contributed by atoms with van der Waals surface area (Å²) in [5.74, 6) is 1.85. The molecule has 1 fully saturated rings. The number of carbonyl (C=O) groups is 1. The second kappa shape index (κ2) is 14.4. The van der Waals surface area contributed by atoms with E-state index in [9.17, 15) is 18.0 Å². The van der Waals surface area contributed by atoms with Crippen molar-refractivity contribution in [2.24, 2.45) is 9.98 Å². The second-order valence-electron chi connectivity index (χ2n) is 11.4. The number of thioether (sulfide) groups is 1. The Balaban J connectivity index is 1.26. The summed E-state index contributed by atoms with van der Waals surface area (Å²) in [6, 6.07) is 18.5. The molecule has 0 N–H and O–H groups in total. The Hall–Kier alpha value is -4.65. The van der Waals surface area contributed by atoms with Crippen LogP contribution in [0, 0.1) is 0 Å². The summed E-state index contributed by atoms with van der Waals surface area (Å²) in [6.07, 6.45) is -0.724. The first kappa shape index (κ1) is 33.7. The Morgan fingerprint density at radius 1 is 1.04 bits per heavy atom. The van der Waals surface area contributed by atoms with Crippen LogP contribution in [0.15, 0.2) is 83.0 Å². The third kappa shape index (κ3) is 8.39. The van der Waals surface area contributed by atoms with E-state index in [0.717, 1.165) is 40.3 Å². The molecular weight excluding hydrogens is 629 g/mol. The zero-order valence-electron chi connectivity index (χ0n) is 26.6. The number of alkyl halides is 3. The normalized spacial score (nSPS) is 17.0. The van der Waals surface area contributed by atoms with Gasteiger partial charge in [-0.3, -0.25) is 0 Å². The number of benzene rings is 3. The number of methoxy groups -OCH3 is 1. The Kier molecular flexibility index (Phi) is 10.3. The van der Waals surface area contributed by atoms with Gasteiger partial charge in [-0.2, -0.15) is 4.99 Å².